The molecule has 0 saturated heterocycles. The molecule has 0 radical (unpaired) electrons. The van der Waals surface area contributed by atoms with E-state index in [1.54, 1.807) is 21.3 Å². The zero-order valence-electron chi connectivity index (χ0n) is 15.2. The van der Waals surface area contributed by atoms with Gasteiger partial charge in [-0.2, -0.15) is 0 Å². The first-order chi connectivity index (χ1) is 12.7. The van der Waals surface area contributed by atoms with Crippen molar-refractivity contribution < 1.29 is 28.8 Å². The number of hydrogen-bond donors (Lipinski definition) is 1. The van der Waals surface area contributed by atoms with E-state index in [2.05, 4.69) is 0 Å². The van der Waals surface area contributed by atoms with Crippen molar-refractivity contribution in [1.82, 2.24) is 0 Å². The van der Waals surface area contributed by atoms with E-state index in [-0.39, 0.29) is 6.61 Å². The lowest BCUT2D eigenvalue weighted by molar-refractivity contribution is 0.106. The lowest BCUT2D eigenvalue weighted by atomic mass is 9.88. The Kier molecular flexibility index (Phi) is 4.48. The fourth-order valence-corrected chi connectivity index (χ4v) is 3.90. The lowest BCUT2D eigenvalue weighted by Crippen LogP contribution is -2.04. The monoisotopic (exact) mass is 358 g/mol. The molecule has 6 nitrogen and oxygen atoms in total. The third-order valence-electron chi connectivity index (χ3n) is 5.11. The molecule has 1 N–H and O–H groups in total. The average Bonchev–Trinajstić information content (AvgIpc) is 3.09. The molecule has 0 spiro atoms. The molecule has 4 rings (SSSR count). The zero-order chi connectivity index (χ0) is 18.3. The maximum absolute atomic E-state index is 9.87. The highest BCUT2D eigenvalue weighted by molar-refractivity contribution is 5.83. The van der Waals surface area contributed by atoms with Crippen LogP contribution >= 0.6 is 0 Å². The molecule has 0 fully saturated rings. The molecule has 0 bridgehead atoms. The Morgan fingerprint density at radius 2 is 1.54 bits per heavy atom. The Balaban J connectivity index is 2.06. The predicted molar refractivity (Wildman–Crippen MR) is 94.4 cm³/mol. The number of rotatable bonds is 4. The number of hydrogen-bond acceptors (Lipinski definition) is 6. The molecule has 2 heterocycles. The normalized spacial score (nSPS) is 14.9. The smallest absolute Gasteiger partial charge is 0.203 e. The molecular weight excluding hydrogens is 336 g/mol. The molecule has 26 heavy (non-hydrogen) atoms. The van der Waals surface area contributed by atoms with E-state index < -0.39 is 0 Å². The van der Waals surface area contributed by atoms with Crippen LogP contribution in [0.2, 0.25) is 0 Å². The van der Waals surface area contributed by atoms with Crippen molar-refractivity contribution in [3.63, 3.8) is 0 Å². The van der Waals surface area contributed by atoms with Crippen LogP contribution in [0, 0.1) is 0 Å². The van der Waals surface area contributed by atoms with Gasteiger partial charge in [-0.25, -0.2) is 0 Å². The van der Waals surface area contributed by atoms with E-state index in [0.717, 1.165) is 38.9 Å². The Morgan fingerprint density at radius 1 is 0.846 bits per heavy atom. The van der Waals surface area contributed by atoms with Gasteiger partial charge < -0.3 is 28.8 Å². The summed E-state index contributed by atoms with van der Waals surface area (Å²) in [6.07, 6.45) is 0. The van der Waals surface area contributed by atoms with Crippen LogP contribution < -0.4 is 14.2 Å². The summed E-state index contributed by atoms with van der Waals surface area (Å²) < 4.78 is 28.4. The van der Waals surface area contributed by atoms with Crippen molar-refractivity contribution >= 4 is 0 Å². The van der Waals surface area contributed by atoms with Gasteiger partial charge in [0.15, 0.2) is 11.5 Å². The molecule has 2 aromatic rings. The minimum atomic E-state index is -0.0369. The van der Waals surface area contributed by atoms with Crippen LogP contribution in [-0.4, -0.2) is 26.4 Å². The van der Waals surface area contributed by atoms with Crippen LogP contribution in [0.5, 0.6) is 17.2 Å². The van der Waals surface area contributed by atoms with Gasteiger partial charge in [-0.05, 0) is 45.5 Å². The summed E-state index contributed by atoms with van der Waals surface area (Å²) in [6.45, 7) is 1.93. The third kappa shape index (κ3) is 2.45. The Hall–Kier alpha value is -2.28. The highest BCUT2D eigenvalue weighted by Crippen LogP contribution is 2.50. The first-order valence-electron chi connectivity index (χ1n) is 8.48. The standard InChI is InChI=1S/C20H22O6/c1-22-17-5-12-7-25-9-15-13(18(12)20(24-3)19(17)23-2)4-11(6-21)14-8-26-10-16(14)15/h4-5,21H,6-10H2,1-3H3. The van der Waals surface area contributed by atoms with Crippen molar-refractivity contribution in [2.75, 3.05) is 21.3 Å². The van der Waals surface area contributed by atoms with Gasteiger partial charge in [0.05, 0.1) is 54.4 Å². The number of benzene rings is 2. The molecule has 0 atom stereocenters. The summed E-state index contributed by atoms with van der Waals surface area (Å²) in [5.74, 6) is 1.75. The van der Waals surface area contributed by atoms with Crippen molar-refractivity contribution in [1.29, 1.82) is 0 Å². The second-order valence-electron chi connectivity index (χ2n) is 6.34. The van der Waals surface area contributed by atoms with E-state index in [0.29, 0.717) is 43.7 Å². The van der Waals surface area contributed by atoms with Crippen LogP contribution in [0.15, 0.2) is 12.1 Å². The molecule has 0 unspecified atom stereocenters. The second kappa shape index (κ2) is 6.79. The van der Waals surface area contributed by atoms with Gasteiger partial charge in [0, 0.05) is 5.56 Å². The highest BCUT2D eigenvalue weighted by Gasteiger charge is 2.30. The third-order valence-corrected chi connectivity index (χ3v) is 5.11. The summed E-state index contributed by atoms with van der Waals surface area (Å²) in [5, 5.41) is 9.87. The van der Waals surface area contributed by atoms with Gasteiger partial charge in [0.25, 0.3) is 0 Å². The number of methoxy groups -OCH3 is 3. The van der Waals surface area contributed by atoms with Gasteiger partial charge in [0.1, 0.15) is 0 Å². The maximum Gasteiger partial charge on any atom is 0.203 e. The van der Waals surface area contributed by atoms with Gasteiger partial charge in [0.2, 0.25) is 5.75 Å². The van der Waals surface area contributed by atoms with E-state index in [9.17, 15) is 5.11 Å². The Labute approximate surface area is 152 Å². The largest absolute Gasteiger partial charge is 0.493 e. The highest BCUT2D eigenvalue weighted by atomic mass is 16.5. The van der Waals surface area contributed by atoms with Gasteiger partial charge in [-0.15, -0.1) is 0 Å². The molecule has 0 aliphatic carbocycles. The molecule has 0 aromatic heterocycles. The predicted octanol–water partition coefficient (Wildman–Crippen LogP) is 2.93. The van der Waals surface area contributed by atoms with Crippen LogP contribution in [0.3, 0.4) is 0 Å². The Morgan fingerprint density at radius 3 is 2.23 bits per heavy atom. The van der Waals surface area contributed by atoms with Crippen molar-refractivity contribution in [2.45, 2.75) is 33.0 Å². The van der Waals surface area contributed by atoms with E-state index >= 15 is 0 Å². The fourth-order valence-electron chi connectivity index (χ4n) is 3.90. The topological polar surface area (TPSA) is 66.4 Å². The molecule has 0 amide bonds. The molecule has 138 valence electrons. The summed E-state index contributed by atoms with van der Waals surface area (Å²) in [5.41, 5.74) is 7.00. The molecule has 2 aliphatic rings. The van der Waals surface area contributed by atoms with Gasteiger partial charge in [-0.1, -0.05) is 0 Å². The van der Waals surface area contributed by atoms with Crippen LogP contribution in [-0.2, 0) is 42.5 Å². The molecule has 2 aliphatic heterocycles. The summed E-state index contributed by atoms with van der Waals surface area (Å²) in [7, 11) is 4.81. The van der Waals surface area contributed by atoms with E-state index in [1.165, 1.54) is 0 Å². The van der Waals surface area contributed by atoms with Crippen molar-refractivity contribution in [2.24, 2.45) is 0 Å². The second-order valence-corrected chi connectivity index (χ2v) is 6.34. The van der Waals surface area contributed by atoms with Gasteiger partial charge >= 0.3 is 0 Å². The molecule has 2 aromatic carbocycles. The van der Waals surface area contributed by atoms with Crippen molar-refractivity contribution in [3.05, 3.63) is 39.9 Å². The number of aliphatic hydroxyl groups is 1. The molecule has 6 heteroatoms. The van der Waals surface area contributed by atoms with Crippen LogP contribution in [0.4, 0.5) is 0 Å². The van der Waals surface area contributed by atoms with Crippen molar-refractivity contribution in [3.8, 4) is 28.4 Å². The summed E-state index contributed by atoms with van der Waals surface area (Å²) >= 11 is 0. The minimum Gasteiger partial charge on any atom is -0.493 e. The van der Waals surface area contributed by atoms with E-state index in [1.807, 2.05) is 12.1 Å². The number of aliphatic hydroxyl groups excluding tert-OH is 1. The van der Waals surface area contributed by atoms with Gasteiger partial charge in [-0.3, -0.25) is 0 Å². The van der Waals surface area contributed by atoms with Crippen LogP contribution in [0.1, 0.15) is 27.8 Å². The van der Waals surface area contributed by atoms with Crippen LogP contribution in [0.25, 0.3) is 11.1 Å². The number of ether oxygens (including phenoxy) is 5. The number of fused-ring (bicyclic) bond motifs is 5. The molecule has 0 saturated carbocycles. The zero-order valence-corrected chi connectivity index (χ0v) is 15.2. The first-order valence-corrected chi connectivity index (χ1v) is 8.48. The SMILES string of the molecule is COc1cc2c(c(OC)c1OC)-c1cc(CO)c3c(c1COC2)COC3. The Bertz CT molecular complexity index is 858. The fraction of sp³-hybridized carbons (Fsp3) is 0.400. The quantitative estimate of drug-likeness (QED) is 0.907. The van der Waals surface area contributed by atoms with E-state index in [4.69, 9.17) is 23.7 Å². The summed E-state index contributed by atoms with van der Waals surface area (Å²) in [4.78, 5) is 0. The maximum atomic E-state index is 9.87. The lowest BCUT2D eigenvalue weighted by Gasteiger charge is -2.20. The molecular formula is C20H22O6. The minimum absolute atomic E-state index is 0.0369. The average molecular weight is 358 g/mol. The first kappa shape index (κ1) is 17.1. The summed E-state index contributed by atoms with van der Waals surface area (Å²) in [6, 6.07) is 3.94.